The summed E-state index contributed by atoms with van der Waals surface area (Å²) in [7, 11) is 0. The highest BCUT2D eigenvalue weighted by atomic mass is 16.5. The molecule has 0 spiro atoms. The first-order valence-electron chi connectivity index (χ1n) is 6.38. The van der Waals surface area contributed by atoms with Crippen molar-refractivity contribution in [2.75, 3.05) is 0 Å². The van der Waals surface area contributed by atoms with E-state index in [4.69, 9.17) is 4.52 Å². The molecule has 1 aliphatic rings. The van der Waals surface area contributed by atoms with Crippen molar-refractivity contribution in [3.05, 3.63) is 35.2 Å². The third kappa shape index (κ3) is 2.46. The topological polar surface area (TPSA) is 55.9 Å². The molecule has 1 aliphatic carbocycles. The highest BCUT2D eigenvalue weighted by molar-refractivity contribution is 5.21. The average molecular weight is 246 g/mol. The summed E-state index contributed by atoms with van der Waals surface area (Å²) in [6.45, 7) is 5.55. The van der Waals surface area contributed by atoms with E-state index >= 15 is 0 Å². The van der Waals surface area contributed by atoms with Crippen molar-refractivity contribution < 1.29 is 4.52 Å². The summed E-state index contributed by atoms with van der Waals surface area (Å²) < 4.78 is 7.25. The lowest BCUT2D eigenvalue weighted by Crippen LogP contribution is -2.15. The molecule has 2 heterocycles. The number of aryl methyl sites for hydroxylation is 2. The van der Waals surface area contributed by atoms with Crippen molar-refractivity contribution in [2.45, 2.75) is 45.8 Å². The van der Waals surface area contributed by atoms with Crippen LogP contribution in [0.3, 0.4) is 0 Å². The molecule has 0 amide bonds. The van der Waals surface area contributed by atoms with Crippen molar-refractivity contribution in [1.82, 2.24) is 20.0 Å². The van der Waals surface area contributed by atoms with Gasteiger partial charge >= 0.3 is 0 Å². The maximum atomic E-state index is 5.17. The third-order valence-electron chi connectivity index (χ3n) is 3.36. The second kappa shape index (κ2) is 4.57. The molecule has 2 aromatic rings. The van der Waals surface area contributed by atoms with E-state index in [9.17, 15) is 0 Å². The lowest BCUT2D eigenvalue weighted by Gasteiger charge is -2.01. The third-order valence-corrected chi connectivity index (χ3v) is 3.36. The Bertz CT molecular complexity index is 519. The zero-order valence-electron chi connectivity index (χ0n) is 10.8. The van der Waals surface area contributed by atoms with E-state index < -0.39 is 0 Å². The summed E-state index contributed by atoms with van der Waals surface area (Å²) >= 11 is 0. The maximum Gasteiger partial charge on any atom is 0.138 e. The average Bonchev–Trinajstić information content (AvgIpc) is 3.01. The summed E-state index contributed by atoms with van der Waals surface area (Å²) in [6.07, 6.45) is 6.57. The van der Waals surface area contributed by atoms with Crippen molar-refractivity contribution in [1.29, 1.82) is 0 Å². The number of hydrogen-bond donors (Lipinski definition) is 1. The van der Waals surface area contributed by atoms with Gasteiger partial charge in [0.15, 0.2) is 0 Å². The van der Waals surface area contributed by atoms with E-state index in [1.807, 2.05) is 20.2 Å². The van der Waals surface area contributed by atoms with Gasteiger partial charge < -0.3 is 14.4 Å². The lowest BCUT2D eigenvalue weighted by molar-refractivity contribution is 0.392. The number of nitrogens with zero attached hydrogens (tertiary/aromatic N) is 3. The highest BCUT2D eigenvalue weighted by Gasteiger charge is 2.20. The van der Waals surface area contributed by atoms with Crippen molar-refractivity contribution in [3.63, 3.8) is 0 Å². The first-order chi connectivity index (χ1) is 8.72. The normalized spacial score (nSPS) is 15.2. The van der Waals surface area contributed by atoms with E-state index in [2.05, 4.69) is 26.2 Å². The van der Waals surface area contributed by atoms with Gasteiger partial charge in [-0.3, -0.25) is 0 Å². The standard InChI is InChI=1S/C13H18N4O/c1-9-13(10(2)18-16-9)7-17-6-12(15-8-17)5-14-11-3-4-11/h6,8,11,14H,3-5,7H2,1-2H3. The highest BCUT2D eigenvalue weighted by Crippen LogP contribution is 2.19. The summed E-state index contributed by atoms with van der Waals surface area (Å²) in [5, 5.41) is 7.43. The molecule has 96 valence electrons. The summed E-state index contributed by atoms with van der Waals surface area (Å²) in [5.74, 6) is 0.888. The number of aromatic nitrogens is 3. The Morgan fingerprint density at radius 3 is 2.94 bits per heavy atom. The Morgan fingerprint density at radius 1 is 1.44 bits per heavy atom. The van der Waals surface area contributed by atoms with Gasteiger partial charge in [0.1, 0.15) is 5.76 Å². The van der Waals surface area contributed by atoms with Gasteiger partial charge in [0.25, 0.3) is 0 Å². The largest absolute Gasteiger partial charge is 0.361 e. The van der Waals surface area contributed by atoms with E-state index in [0.717, 1.165) is 41.8 Å². The van der Waals surface area contributed by atoms with E-state index in [-0.39, 0.29) is 0 Å². The van der Waals surface area contributed by atoms with Gasteiger partial charge in [0.05, 0.1) is 24.3 Å². The fourth-order valence-corrected chi connectivity index (χ4v) is 2.03. The number of nitrogens with one attached hydrogen (secondary N) is 1. The Balaban J connectivity index is 1.65. The molecule has 0 aliphatic heterocycles. The molecule has 2 aromatic heterocycles. The molecule has 0 radical (unpaired) electrons. The fourth-order valence-electron chi connectivity index (χ4n) is 2.03. The van der Waals surface area contributed by atoms with Crippen LogP contribution in [0.4, 0.5) is 0 Å². The predicted octanol–water partition coefficient (Wildman–Crippen LogP) is 1.79. The number of hydrogen-bond acceptors (Lipinski definition) is 4. The molecular weight excluding hydrogens is 228 g/mol. The molecular formula is C13H18N4O. The first kappa shape index (κ1) is 11.5. The van der Waals surface area contributed by atoms with Crippen LogP contribution in [-0.2, 0) is 13.1 Å². The summed E-state index contributed by atoms with van der Waals surface area (Å²) in [4.78, 5) is 4.41. The van der Waals surface area contributed by atoms with Crippen LogP contribution in [0.2, 0.25) is 0 Å². The van der Waals surface area contributed by atoms with Crippen molar-refractivity contribution in [3.8, 4) is 0 Å². The minimum atomic E-state index is 0.720. The predicted molar refractivity (Wildman–Crippen MR) is 67.2 cm³/mol. The number of imidazole rings is 1. The molecule has 1 saturated carbocycles. The van der Waals surface area contributed by atoms with Crippen LogP contribution in [0.25, 0.3) is 0 Å². The maximum absolute atomic E-state index is 5.17. The molecule has 5 nitrogen and oxygen atoms in total. The smallest absolute Gasteiger partial charge is 0.138 e. The summed E-state index contributed by atoms with van der Waals surface area (Å²) in [5.41, 5.74) is 3.20. The van der Waals surface area contributed by atoms with Gasteiger partial charge in [-0.15, -0.1) is 0 Å². The zero-order valence-corrected chi connectivity index (χ0v) is 10.8. The van der Waals surface area contributed by atoms with Crippen LogP contribution >= 0.6 is 0 Å². The van der Waals surface area contributed by atoms with Gasteiger partial charge in [-0.1, -0.05) is 5.16 Å². The quantitative estimate of drug-likeness (QED) is 0.874. The Labute approximate surface area is 106 Å². The molecule has 0 unspecified atom stereocenters. The van der Waals surface area contributed by atoms with Gasteiger partial charge in [-0.25, -0.2) is 4.98 Å². The Kier molecular flexibility index (Phi) is 2.91. The summed E-state index contributed by atoms with van der Waals surface area (Å²) in [6, 6.07) is 0.720. The Morgan fingerprint density at radius 2 is 2.28 bits per heavy atom. The first-order valence-corrected chi connectivity index (χ1v) is 6.38. The second-order valence-corrected chi connectivity index (χ2v) is 5.00. The molecule has 18 heavy (non-hydrogen) atoms. The van der Waals surface area contributed by atoms with Crippen LogP contribution in [0.15, 0.2) is 17.0 Å². The van der Waals surface area contributed by atoms with Gasteiger partial charge in [0, 0.05) is 24.3 Å². The molecule has 1 N–H and O–H groups in total. The molecule has 3 rings (SSSR count). The van der Waals surface area contributed by atoms with Crippen LogP contribution in [0.5, 0.6) is 0 Å². The minimum absolute atomic E-state index is 0.720. The van der Waals surface area contributed by atoms with E-state index in [0.29, 0.717) is 0 Å². The molecule has 0 saturated heterocycles. The zero-order chi connectivity index (χ0) is 12.5. The van der Waals surface area contributed by atoms with Gasteiger partial charge in [0.2, 0.25) is 0 Å². The Hall–Kier alpha value is -1.62. The van der Waals surface area contributed by atoms with Crippen LogP contribution in [0, 0.1) is 13.8 Å². The molecule has 1 fully saturated rings. The van der Waals surface area contributed by atoms with Crippen LogP contribution in [0.1, 0.15) is 35.6 Å². The second-order valence-electron chi connectivity index (χ2n) is 5.00. The minimum Gasteiger partial charge on any atom is -0.361 e. The molecule has 5 heteroatoms. The monoisotopic (exact) mass is 246 g/mol. The van der Waals surface area contributed by atoms with Crippen molar-refractivity contribution >= 4 is 0 Å². The van der Waals surface area contributed by atoms with Crippen molar-refractivity contribution in [2.24, 2.45) is 0 Å². The fraction of sp³-hybridized carbons (Fsp3) is 0.538. The SMILES string of the molecule is Cc1noc(C)c1Cn1cnc(CNC2CC2)c1. The number of rotatable bonds is 5. The van der Waals surface area contributed by atoms with E-state index in [1.54, 1.807) is 0 Å². The lowest BCUT2D eigenvalue weighted by atomic mass is 10.2. The van der Waals surface area contributed by atoms with E-state index in [1.165, 1.54) is 12.8 Å². The van der Waals surface area contributed by atoms with Gasteiger partial charge in [-0.05, 0) is 26.7 Å². The molecule has 0 aromatic carbocycles. The molecule has 0 bridgehead atoms. The van der Waals surface area contributed by atoms with Gasteiger partial charge in [-0.2, -0.15) is 0 Å². The van der Waals surface area contributed by atoms with Crippen LogP contribution < -0.4 is 5.32 Å². The molecule has 0 atom stereocenters. The van der Waals surface area contributed by atoms with Crippen LogP contribution in [-0.4, -0.2) is 20.7 Å².